The third kappa shape index (κ3) is 7.49. The van der Waals surface area contributed by atoms with Gasteiger partial charge in [-0.05, 0) is 49.2 Å². The van der Waals surface area contributed by atoms with Gasteiger partial charge in [-0.25, -0.2) is 8.42 Å². The topological polar surface area (TPSA) is 86.8 Å². The van der Waals surface area contributed by atoms with E-state index in [-0.39, 0.29) is 33.1 Å². The highest BCUT2D eigenvalue weighted by molar-refractivity contribution is 7.92. The SMILES string of the molecule is CCCCNC(=O)C(C)N(Cc1ccccc1)C(=O)CN(c1cc(Cl)ccc1Cl)S(=O)(=O)c1ccccc1. The van der Waals surface area contributed by atoms with Crippen molar-refractivity contribution in [2.45, 2.75) is 44.2 Å². The van der Waals surface area contributed by atoms with E-state index in [1.807, 2.05) is 37.3 Å². The molecule has 0 aliphatic heterocycles. The van der Waals surface area contributed by atoms with Crippen molar-refractivity contribution in [1.29, 1.82) is 0 Å². The molecule has 2 amide bonds. The van der Waals surface area contributed by atoms with Crippen LogP contribution in [0.5, 0.6) is 0 Å². The van der Waals surface area contributed by atoms with E-state index < -0.39 is 28.5 Å². The summed E-state index contributed by atoms with van der Waals surface area (Å²) in [7, 11) is -4.22. The molecule has 0 saturated heterocycles. The average molecular weight is 577 g/mol. The molecule has 0 aliphatic rings. The fraction of sp³-hybridized carbons (Fsp3) is 0.286. The van der Waals surface area contributed by atoms with Crippen molar-refractivity contribution in [3.05, 3.63) is 94.5 Å². The standard InChI is InChI=1S/C28H31Cl2N3O4S/c1-3-4-17-31-28(35)21(2)32(19-22-11-7-5-8-12-22)27(34)20-33(26-18-23(29)15-16-25(26)30)38(36,37)24-13-9-6-10-14-24/h5-16,18,21H,3-4,17,19-20H2,1-2H3,(H,31,35). The van der Waals surface area contributed by atoms with Crippen LogP contribution in [0.4, 0.5) is 5.69 Å². The Balaban J connectivity index is 2.01. The summed E-state index contributed by atoms with van der Waals surface area (Å²) >= 11 is 12.6. The number of amides is 2. The lowest BCUT2D eigenvalue weighted by atomic mass is 10.1. The van der Waals surface area contributed by atoms with Gasteiger partial charge < -0.3 is 10.2 Å². The molecular weight excluding hydrogens is 545 g/mol. The number of hydrogen-bond donors (Lipinski definition) is 1. The molecule has 0 heterocycles. The second-order valence-electron chi connectivity index (χ2n) is 8.75. The molecule has 1 N–H and O–H groups in total. The zero-order valence-electron chi connectivity index (χ0n) is 21.3. The molecular formula is C28H31Cl2N3O4S. The van der Waals surface area contributed by atoms with Crippen LogP contribution in [0.15, 0.2) is 83.8 Å². The predicted molar refractivity (Wildman–Crippen MR) is 152 cm³/mol. The van der Waals surface area contributed by atoms with Gasteiger partial charge in [0.05, 0.1) is 15.6 Å². The Morgan fingerprint density at radius 1 is 0.947 bits per heavy atom. The highest BCUT2D eigenvalue weighted by atomic mass is 35.5. The van der Waals surface area contributed by atoms with E-state index in [1.165, 1.54) is 35.2 Å². The lowest BCUT2D eigenvalue weighted by Gasteiger charge is -2.32. The Morgan fingerprint density at radius 3 is 2.21 bits per heavy atom. The molecule has 1 unspecified atom stereocenters. The van der Waals surface area contributed by atoms with E-state index in [9.17, 15) is 18.0 Å². The highest BCUT2D eigenvalue weighted by Gasteiger charge is 2.33. The molecule has 1 atom stereocenters. The summed E-state index contributed by atoms with van der Waals surface area (Å²) < 4.78 is 28.5. The number of sulfonamides is 1. The Bertz CT molecular complexity index is 1340. The minimum atomic E-state index is -4.22. The van der Waals surface area contributed by atoms with Gasteiger partial charge in [0.1, 0.15) is 12.6 Å². The van der Waals surface area contributed by atoms with Gasteiger partial charge in [-0.15, -0.1) is 0 Å². The van der Waals surface area contributed by atoms with Gasteiger partial charge in [0.15, 0.2) is 0 Å². The number of rotatable bonds is 12. The Hall–Kier alpha value is -3.07. The van der Waals surface area contributed by atoms with Gasteiger partial charge >= 0.3 is 0 Å². The molecule has 202 valence electrons. The zero-order chi connectivity index (χ0) is 27.7. The van der Waals surface area contributed by atoms with E-state index in [2.05, 4.69) is 5.32 Å². The van der Waals surface area contributed by atoms with Crippen LogP contribution in [-0.2, 0) is 26.2 Å². The van der Waals surface area contributed by atoms with Crippen molar-refractivity contribution in [3.63, 3.8) is 0 Å². The fourth-order valence-electron chi connectivity index (χ4n) is 3.81. The van der Waals surface area contributed by atoms with Crippen molar-refractivity contribution < 1.29 is 18.0 Å². The van der Waals surface area contributed by atoms with Crippen LogP contribution in [0.3, 0.4) is 0 Å². The maximum absolute atomic E-state index is 13.8. The summed E-state index contributed by atoms with van der Waals surface area (Å²) in [5.41, 5.74) is 0.864. The number of anilines is 1. The summed E-state index contributed by atoms with van der Waals surface area (Å²) in [6.45, 7) is 3.66. The Labute approximate surface area is 234 Å². The number of carbonyl (C=O) groups is 2. The molecule has 0 bridgehead atoms. The molecule has 10 heteroatoms. The molecule has 3 aromatic carbocycles. The number of nitrogens with zero attached hydrogens (tertiary/aromatic N) is 2. The average Bonchev–Trinajstić information content (AvgIpc) is 2.92. The molecule has 0 spiro atoms. The van der Waals surface area contributed by atoms with Crippen molar-refractivity contribution in [1.82, 2.24) is 10.2 Å². The maximum Gasteiger partial charge on any atom is 0.264 e. The molecule has 0 aromatic heterocycles. The van der Waals surface area contributed by atoms with Gasteiger partial charge in [-0.3, -0.25) is 13.9 Å². The van der Waals surface area contributed by atoms with Gasteiger partial charge in [0.2, 0.25) is 11.8 Å². The van der Waals surface area contributed by atoms with Crippen molar-refractivity contribution >= 4 is 50.7 Å². The lowest BCUT2D eigenvalue weighted by Crippen LogP contribution is -2.51. The molecule has 7 nitrogen and oxygen atoms in total. The van der Waals surface area contributed by atoms with E-state index >= 15 is 0 Å². The van der Waals surface area contributed by atoms with Crippen LogP contribution in [0.2, 0.25) is 10.0 Å². The second-order valence-corrected chi connectivity index (χ2v) is 11.5. The fourth-order valence-corrected chi connectivity index (χ4v) is 5.69. The summed E-state index contributed by atoms with van der Waals surface area (Å²) in [5, 5.41) is 3.23. The smallest absolute Gasteiger partial charge is 0.264 e. The van der Waals surface area contributed by atoms with Crippen LogP contribution >= 0.6 is 23.2 Å². The monoisotopic (exact) mass is 575 g/mol. The van der Waals surface area contributed by atoms with Crippen LogP contribution in [0.25, 0.3) is 0 Å². The summed E-state index contributed by atoms with van der Waals surface area (Å²) in [4.78, 5) is 28.2. The molecule has 38 heavy (non-hydrogen) atoms. The van der Waals surface area contributed by atoms with E-state index in [0.717, 1.165) is 22.7 Å². The number of nitrogens with one attached hydrogen (secondary N) is 1. The number of halogens is 2. The van der Waals surface area contributed by atoms with Gasteiger partial charge in [-0.1, -0.05) is 85.1 Å². The number of hydrogen-bond acceptors (Lipinski definition) is 4. The van der Waals surface area contributed by atoms with Gasteiger partial charge in [0, 0.05) is 18.1 Å². The number of carbonyl (C=O) groups excluding carboxylic acids is 2. The zero-order valence-corrected chi connectivity index (χ0v) is 23.6. The summed E-state index contributed by atoms with van der Waals surface area (Å²) in [5.74, 6) is -0.886. The van der Waals surface area contributed by atoms with Crippen molar-refractivity contribution in [2.75, 3.05) is 17.4 Å². The predicted octanol–water partition coefficient (Wildman–Crippen LogP) is 5.52. The highest BCUT2D eigenvalue weighted by Crippen LogP contribution is 2.33. The molecule has 3 rings (SSSR count). The first-order chi connectivity index (χ1) is 18.1. The van der Waals surface area contributed by atoms with Gasteiger partial charge in [-0.2, -0.15) is 0 Å². The number of benzene rings is 3. The first kappa shape index (κ1) is 29.5. The first-order valence-electron chi connectivity index (χ1n) is 12.3. The van der Waals surface area contributed by atoms with Crippen LogP contribution < -0.4 is 9.62 Å². The Kier molecular flexibility index (Phi) is 10.6. The maximum atomic E-state index is 13.8. The first-order valence-corrected chi connectivity index (χ1v) is 14.5. The third-order valence-corrected chi connectivity index (χ3v) is 8.31. The van der Waals surface area contributed by atoms with E-state index in [1.54, 1.807) is 25.1 Å². The van der Waals surface area contributed by atoms with Gasteiger partial charge in [0.25, 0.3) is 10.0 Å². The summed E-state index contributed by atoms with van der Waals surface area (Å²) in [6, 6.07) is 20.5. The van der Waals surface area contributed by atoms with E-state index in [4.69, 9.17) is 23.2 Å². The minimum Gasteiger partial charge on any atom is -0.354 e. The van der Waals surface area contributed by atoms with Crippen LogP contribution in [-0.4, -0.2) is 44.3 Å². The van der Waals surface area contributed by atoms with Crippen molar-refractivity contribution in [2.24, 2.45) is 0 Å². The minimum absolute atomic E-state index is 0.0104. The molecule has 0 fully saturated rings. The normalized spacial score (nSPS) is 12.0. The molecule has 0 radical (unpaired) electrons. The van der Waals surface area contributed by atoms with Crippen LogP contribution in [0.1, 0.15) is 32.3 Å². The second kappa shape index (κ2) is 13.6. The summed E-state index contributed by atoms with van der Waals surface area (Å²) in [6.07, 6.45) is 1.72. The lowest BCUT2D eigenvalue weighted by molar-refractivity contribution is -0.139. The number of unbranched alkanes of at least 4 members (excludes halogenated alkanes) is 1. The Morgan fingerprint density at radius 2 is 1.58 bits per heavy atom. The quantitative estimate of drug-likeness (QED) is 0.288. The molecule has 0 saturated carbocycles. The largest absolute Gasteiger partial charge is 0.354 e. The molecule has 3 aromatic rings. The van der Waals surface area contributed by atoms with E-state index in [0.29, 0.717) is 6.54 Å². The molecule has 0 aliphatic carbocycles. The van der Waals surface area contributed by atoms with Crippen molar-refractivity contribution in [3.8, 4) is 0 Å². The van der Waals surface area contributed by atoms with Crippen LogP contribution in [0, 0.1) is 0 Å². The third-order valence-electron chi connectivity index (χ3n) is 5.98.